The van der Waals surface area contributed by atoms with Crippen LogP contribution in [0.4, 0.5) is 5.82 Å². The number of H-pyrrole nitrogens is 1. The fourth-order valence-corrected chi connectivity index (χ4v) is 2.62. The predicted molar refractivity (Wildman–Crippen MR) is 86.3 cm³/mol. The Morgan fingerprint density at radius 3 is 2.50 bits per heavy atom. The Balaban J connectivity index is 2.21. The zero-order chi connectivity index (χ0) is 14.1. The van der Waals surface area contributed by atoms with Gasteiger partial charge >= 0.3 is 0 Å². The van der Waals surface area contributed by atoms with Crippen molar-refractivity contribution in [2.75, 3.05) is 5.73 Å². The van der Waals surface area contributed by atoms with E-state index in [2.05, 4.69) is 63.4 Å². The molecule has 0 aliphatic heterocycles. The zero-order valence-corrected chi connectivity index (χ0v) is 12.6. The molecule has 3 nitrogen and oxygen atoms in total. The van der Waals surface area contributed by atoms with Crippen LogP contribution >= 0.6 is 15.9 Å². The highest BCUT2D eigenvalue weighted by Crippen LogP contribution is 2.34. The van der Waals surface area contributed by atoms with Crippen molar-refractivity contribution < 1.29 is 0 Å². The number of hydrogen-bond acceptors (Lipinski definition) is 2. The van der Waals surface area contributed by atoms with Gasteiger partial charge in [0.25, 0.3) is 0 Å². The van der Waals surface area contributed by atoms with Crippen molar-refractivity contribution in [2.45, 2.75) is 6.92 Å². The Kier molecular flexibility index (Phi) is 3.32. The van der Waals surface area contributed by atoms with Crippen molar-refractivity contribution in [1.82, 2.24) is 10.2 Å². The molecule has 0 amide bonds. The maximum atomic E-state index is 5.73. The minimum atomic E-state index is 0.505. The Bertz CT molecular complexity index is 745. The van der Waals surface area contributed by atoms with E-state index < -0.39 is 0 Å². The van der Waals surface area contributed by atoms with E-state index in [-0.39, 0.29) is 0 Å². The second-order valence-corrected chi connectivity index (χ2v) is 5.63. The van der Waals surface area contributed by atoms with Crippen molar-refractivity contribution >= 4 is 21.7 Å². The van der Waals surface area contributed by atoms with Crippen LogP contribution in [-0.2, 0) is 0 Å². The van der Waals surface area contributed by atoms with Crippen molar-refractivity contribution in [1.29, 1.82) is 0 Å². The molecule has 0 radical (unpaired) electrons. The molecular formula is C16H14BrN3. The number of nitrogens with zero attached hydrogens (tertiary/aromatic N) is 1. The van der Waals surface area contributed by atoms with Crippen molar-refractivity contribution in [3.63, 3.8) is 0 Å². The summed E-state index contributed by atoms with van der Waals surface area (Å²) >= 11 is 3.47. The second kappa shape index (κ2) is 5.13. The van der Waals surface area contributed by atoms with Crippen LogP contribution in [0, 0.1) is 6.92 Å². The maximum Gasteiger partial charge on any atom is 0.145 e. The summed E-state index contributed by atoms with van der Waals surface area (Å²) in [6.07, 6.45) is 0. The van der Waals surface area contributed by atoms with Crippen molar-refractivity contribution in [3.05, 3.63) is 58.6 Å². The summed E-state index contributed by atoms with van der Waals surface area (Å²) in [6.45, 7) is 2.09. The SMILES string of the molecule is Cc1cccc(-c2ccc(Br)cc2)c1-c1cc(N)n[nH]1. The van der Waals surface area contributed by atoms with E-state index in [1.54, 1.807) is 0 Å². The van der Waals surface area contributed by atoms with Gasteiger partial charge in [0.15, 0.2) is 0 Å². The third-order valence-electron chi connectivity index (χ3n) is 3.30. The lowest BCUT2D eigenvalue weighted by Crippen LogP contribution is -1.89. The highest BCUT2D eigenvalue weighted by molar-refractivity contribution is 9.10. The van der Waals surface area contributed by atoms with E-state index in [4.69, 9.17) is 5.73 Å². The standard InChI is InChI=1S/C16H14BrN3/c1-10-3-2-4-13(11-5-7-12(17)8-6-11)16(10)14-9-15(18)20-19-14/h2-9H,1H3,(H3,18,19,20). The maximum absolute atomic E-state index is 5.73. The lowest BCUT2D eigenvalue weighted by molar-refractivity contribution is 1.10. The number of hydrogen-bond donors (Lipinski definition) is 2. The minimum absolute atomic E-state index is 0.505. The first-order valence-corrected chi connectivity index (χ1v) is 7.11. The number of benzene rings is 2. The summed E-state index contributed by atoms with van der Waals surface area (Å²) in [5, 5.41) is 7.03. The van der Waals surface area contributed by atoms with Crippen LogP contribution < -0.4 is 5.73 Å². The van der Waals surface area contributed by atoms with E-state index in [1.807, 2.05) is 18.2 Å². The summed E-state index contributed by atoms with van der Waals surface area (Å²) in [7, 11) is 0. The van der Waals surface area contributed by atoms with Crippen LogP contribution in [0.15, 0.2) is 53.0 Å². The number of halogens is 1. The van der Waals surface area contributed by atoms with Crippen molar-refractivity contribution in [2.24, 2.45) is 0 Å². The van der Waals surface area contributed by atoms with Gasteiger partial charge in [-0.1, -0.05) is 46.3 Å². The largest absolute Gasteiger partial charge is 0.382 e. The fourth-order valence-electron chi connectivity index (χ4n) is 2.36. The number of rotatable bonds is 2. The summed E-state index contributed by atoms with van der Waals surface area (Å²) in [5.74, 6) is 0.505. The van der Waals surface area contributed by atoms with Gasteiger partial charge in [0.1, 0.15) is 5.82 Å². The minimum Gasteiger partial charge on any atom is -0.382 e. The molecule has 4 heteroatoms. The highest BCUT2D eigenvalue weighted by Gasteiger charge is 2.12. The molecule has 0 saturated heterocycles. The highest BCUT2D eigenvalue weighted by atomic mass is 79.9. The van der Waals surface area contributed by atoms with E-state index in [0.717, 1.165) is 15.7 Å². The summed E-state index contributed by atoms with van der Waals surface area (Å²) < 4.78 is 1.07. The van der Waals surface area contributed by atoms with Crippen LogP contribution in [0.2, 0.25) is 0 Å². The number of aromatic amines is 1. The van der Waals surface area contributed by atoms with Gasteiger partial charge in [0, 0.05) is 16.1 Å². The first-order chi connectivity index (χ1) is 9.65. The number of aryl methyl sites for hydroxylation is 1. The van der Waals surface area contributed by atoms with E-state index in [1.165, 1.54) is 16.7 Å². The summed E-state index contributed by atoms with van der Waals surface area (Å²) in [4.78, 5) is 0. The molecule has 0 saturated carbocycles. The van der Waals surface area contributed by atoms with Gasteiger partial charge in [0.05, 0.1) is 5.69 Å². The van der Waals surface area contributed by atoms with Gasteiger partial charge in [-0.15, -0.1) is 0 Å². The number of anilines is 1. The predicted octanol–water partition coefficient (Wildman–Crippen LogP) is 4.40. The number of nitrogens with one attached hydrogen (secondary N) is 1. The topological polar surface area (TPSA) is 54.7 Å². The molecule has 3 N–H and O–H groups in total. The average molecular weight is 328 g/mol. The molecule has 3 rings (SSSR count). The average Bonchev–Trinajstić information content (AvgIpc) is 2.85. The molecule has 2 aromatic carbocycles. The fraction of sp³-hybridized carbons (Fsp3) is 0.0625. The Labute approximate surface area is 126 Å². The van der Waals surface area contributed by atoms with Gasteiger partial charge in [-0.2, -0.15) is 5.10 Å². The molecule has 0 spiro atoms. The normalized spacial score (nSPS) is 10.7. The van der Waals surface area contributed by atoms with Gasteiger partial charge in [-0.3, -0.25) is 5.10 Å². The summed E-state index contributed by atoms with van der Waals surface area (Å²) in [6, 6.07) is 16.4. The third kappa shape index (κ3) is 2.34. The van der Waals surface area contributed by atoms with Crippen LogP contribution in [0.1, 0.15) is 5.56 Å². The van der Waals surface area contributed by atoms with E-state index in [9.17, 15) is 0 Å². The molecule has 100 valence electrons. The van der Waals surface area contributed by atoms with Gasteiger partial charge in [0.2, 0.25) is 0 Å². The zero-order valence-electron chi connectivity index (χ0n) is 11.0. The van der Waals surface area contributed by atoms with Crippen LogP contribution in [0.3, 0.4) is 0 Å². The molecule has 3 aromatic rings. The Morgan fingerprint density at radius 2 is 1.85 bits per heavy atom. The van der Waals surface area contributed by atoms with Crippen molar-refractivity contribution in [3.8, 4) is 22.4 Å². The molecule has 1 heterocycles. The molecule has 0 atom stereocenters. The smallest absolute Gasteiger partial charge is 0.145 e. The lowest BCUT2D eigenvalue weighted by atomic mass is 9.94. The molecule has 20 heavy (non-hydrogen) atoms. The van der Waals surface area contributed by atoms with Gasteiger partial charge in [-0.25, -0.2) is 0 Å². The van der Waals surface area contributed by atoms with Crippen LogP contribution in [-0.4, -0.2) is 10.2 Å². The van der Waals surface area contributed by atoms with E-state index >= 15 is 0 Å². The van der Waals surface area contributed by atoms with Crippen LogP contribution in [0.25, 0.3) is 22.4 Å². The van der Waals surface area contributed by atoms with Gasteiger partial charge < -0.3 is 5.73 Å². The molecule has 0 bridgehead atoms. The lowest BCUT2D eigenvalue weighted by Gasteiger charge is -2.11. The number of nitrogens with two attached hydrogens (primary N) is 1. The molecule has 0 aliphatic rings. The van der Waals surface area contributed by atoms with E-state index in [0.29, 0.717) is 5.82 Å². The molecule has 1 aromatic heterocycles. The number of nitrogen functional groups attached to an aromatic ring is 1. The third-order valence-corrected chi connectivity index (χ3v) is 3.82. The quantitative estimate of drug-likeness (QED) is 0.733. The first kappa shape index (κ1) is 12.9. The molecule has 0 fully saturated rings. The monoisotopic (exact) mass is 327 g/mol. The molecule has 0 aliphatic carbocycles. The number of aromatic nitrogens is 2. The molecule has 0 unspecified atom stereocenters. The first-order valence-electron chi connectivity index (χ1n) is 6.32. The summed E-state index contributed by atoms with van der Waals surface area (Å²) in [5.41, 5.74) is 11.3. The Morgan fingerprint density at radius 1 is 1.10 bits per heavy atom. The molecular weight excluding hydrogens is 314 g/mol. The van der Waals surface area contributed by atoms with Gasteiger partial charge in [-0.05, 0) is 35.7 Å². The Hall–Kier alpha value is -2.07. The van der Waals surface area contributed by atoms with Crippen LogP contribution in [0.5, 0.6) is 0 Å². The second-order valence-electron chi connectivity index (χ2n) is 4.71.